The monoisotopic (exact) mass is 233 g/mol. The molecule has 2 rings (SSSR count). The van der Waals surface area contributed by atoms with Crippen LogP contribution in [-0.4, -0.2) is 37.7 Å². The number of ether oxygens (including phenoxy) is 1. The van der Waals surface area contributed by atoms with Gasteiger partial charge in [-0.15, -0.1) is 0 Å². The van der Waals surface area contributed by atoms with Gasteiger partial charge in [0.05, 0.1) is 28.3 Å². The minimum atomic E-state index is 0.456. The summed E-state index contributed by atoms with van der Waals surface area (Å²) in [6.45, 7) is 2.26. The van der Waals surface area contributed by atoms with Crippen LogP contribution in [0.25, 0.3) is 10.9 Å². The minimum Gasteiger partial charge on any atom is -0.497 e. The Bertz CT molecular complexity index is 522. The molecule has 0 aliphatic carbocycles. The van der Waals surface area contributed by atoms with Gasteiger partial charge in [-0.05, 0) is 19.1 Å². The predicted octanol–water partition coefficient (Wildman–Crippen LogP) is 2.94. The van der Waals surface area contributed by atoms with Gasteiger partial charge in [0.15, 0.2) is 0 Å². The first-order chi connectivity index (χ1) is 7.93. The Hall–Kier alpha value is -1.48. The number of rotatable bonds is 3. The minimum absolute atomic E-state index is 0.456. The van der Waals surface area contributed by atoms with Crippen LogP contribution in [-0.2, 0) is 0 Å². The quantitative estimate of drug-likeness (QED) is 0.810. The Morgan fingerprint density at radius 2 is 1.94 bits per heavy atom. The lowest BCUT2D eigenvalue weighted by Crippen LogP contribution is -2.37. The van der Waals surface area contributed by atoms with Gasteiger partial charge in [-0.1, -0.05) is 0 Å². The molecule has 2 aromatic rings. The van der Waals surface area contributed by atoms with E-state index >= 15 is 0 Å². The number of aromatic amines is 1. The molecular formula is C14H21N2O+. The maximum atomic E-state index is 5.24. The summed E-state index contributed by atoms with van der Waals surface area (Å²) in [5.41, 5.74) is 2.50. The van der Waals surface area contributed by atoms with Crippen molar-refractivity contribution in [3.05, 3.63) is 30.0 Å². The van der Waals surface area contributed by atoms with Gasteiger partial charge < -0.3 is 14.2 Å². The number of hydrogen-bond donors (Lipinski definition) is 1. The molecule has 1 aromatic carbocycles. The van der Waals surface area contributed by atoms with E-state index in [4.69, 9.17) is 4.74 Å². The zero-order valence-corrected chi connectivity index (χ0v) is 11.2. The Balaban J connectivity index is 2.50. The molecule has 0 spiro atoms. The van der Waals surface area contributed by atoms with Crippen molar-refractivity contribution in [2.75, 3.05) is 28.3 Å². The van der Waals surface area contributed by atoms with E-state index in [1.54, 1.807) is 7.11 Å². The molecule has 0 fully saturated rings. The molecule has 3 nitrogen and oxygen atoms in total. The van der Waals surface area contributed by atoms with E-state index in [0.717, 1.165) is 15.7 Å². The molecular weight excluding hydrogens is 212 g/mol. The van der Waals surface area contributed by atoms with E-state index < -0.39 is 0 Å². The molecule has 92 valence electrons. The van der Waals surface area contributed by atoms with Crippen LogP contribution >= 0.6 is 0 Å². The van der Waals surface area contributed by atoms with Crippen molar-refractivity contribution in [1.29, 1.82) is 0 Å². The molecule has 1 N–H and O–H groups in total. The van der Waals surface area contributed by atoms with Gasteiger partial charge in [-0.3, -0.25) is 0 Å². The van der Waals surface area contributed by atoms with Gasteiger partial charge in [-0.25, -0.2) is 0 Å². The van der Waals surface area contributed by atoms with Gasteiger partial charge >= 0.3 is 0 Å². The summed E-state index contributed by atoms with van der Waals surface area (Å²) < 4.78 is 6.15. The van der Waals surface area contributed by atoms with Gasteiger partial charge in [0.2, 0.25) is 0 Å². The highest BCUT2D eigenvalue weighted by Crippen LogP contribution is 2.31. The molecule has 17 heavy (non-hydrogen) atoms. The average molecular weight is 233 g/mol. The lowest BCUT2D eigenvalue weighted by molar-refractivity contribution is -0.899. The Kier molecular flexibility index (Phi) is 2.87. The largest absolute Gasteiger partial charge is 0.497 e. The van der Waals surface area contributed by atoms with Crippen LogP contribution in [0.4, 0.5) is 0 Å². The fourth-order valence-corrected chi connectivity index (χ4v) is 2.02. The molecule has 0 aliphatic heterocycles. The van der Waals surface area contributed by atoms with Gasteiger partial charge in [0.25, 0.3) is 0 Å². The highest BCUT2D eigenvalue weighted by molar-refractivity contribution is 5.84. The second kappa shape index (κ2) is 4.08. The lowest BCUT2D eigenvalue weighted by Gasteiger charge is -2.31. The molecule has 0 aliphatic rings. The van der Waals surface area contributed by atoms with Crippen LogP contribution in [0.2, 0.25) is 0 Å². The van der Waals surface area contributed by atoms with Crippen LogP contribution in [0.15, 0.2) is 24.4 Å². The second-order valence-corrected chi connectivity index (χ2v) is 5.45. The summed E-state index contributed by atoms with van der Waals surface area (Å²) in [7, 11) is 8.34. The Morgan fingerprint density at radius 1 is 1.24 bits per heavy atom. The maximum absolute atomic E-state index is 5.24. The molecule has 1 aromatic heterocycles. The van der Waals surface area contributed by atoms with Gasteiger partial charge in [-0.2, -0.15) is 0 Å². The van der Waals surface area contributed by atoms with Crippen LogP contribution in [0.5, 0.6) is 5.75 Å². The SMILES string of the molecule is COc1ccc2c(C(C)[N+](C)(C)C)c[nH]c2c1. The van der Waals surface area contributed by atoms with Crippen LogP contribution in [0.1, 0.15) is 18.5 Å². The fraction of sp³-hybridized carbons (Fsp3) is 0.429. The normalized spacial score (nSPS) is 13.9. The number of benzene rings is 1. The molecule has 0 bridgehead atoms. The summed E-state index contributed by atoms with van der Waals surface area (Å²) in [6, 6.07) is 6.65. The number of nitrogens with one attached hydrogen (secondary N) is 1. The Morgan fingerprint density at radius 3 is 2.53 bits per heavy atom. The summed E-state index contributed by atoms with van der Waals surface area (Å²) >= 11 is 0. The second-order valence-electron chi connectivity index (χ2n) is 5.45. The molecule has 0 saturated carbocycles. The average Bonchev–Trinajstić information content (AvgIpc) is 2.69. The third-order valence-corrected chi connectivity index (χ3v) is 3.53. The number of aromatic nitrogens is 1. The van der Waals surface area contributed by atoms with Crippen LogP contribution < -0.4 is 4.74 Å². The van der Waals surface area contributed by atoms with Crippen molar-refractivity contribution in [3.8, 4) is 5.75 Å². The zero-order valence-electron chi connectivity index (χ0n) is 11.2. The number of quaternary nitrogens is 1. The standard InChI is InChI=1S/C14H21N2O/c1-10(16(2,3)4)13-9-15-14-8-11(17-5)6-7-12(13)14/h6-10,15H,1-5H3/q+1. The van der Waals surface area contributed by atoms with Crippen molar-refractivity contribution >= 4 is 10.9 Å². The van der Waals surface area contributed by atoms with E-state index in [9.17, 15) is 0 Å². The smallest absolute Gasteiger partial charge is 0.120 e. The van der Waals surface area contributed by atoms with E-state index in [1.807, 2.05) is 12.1 Å². The highest BCUT2D eigenvalue weighted by atomic mass is 16.5. The van der Waals surface area contributed by atoms with Crippen molar-refractivity contribution < 1.29 is 9.22 Å². The first kappa shape index (κ1) is 12.0. The van der Waals surface area contributed by atoms with Gasteiger partial charge in [0, 0.05) is 28.7 Å². The highest BCUT2D eigenvalue weighted by Gasteiger charge is 2.23. The summed E-state index contributed by atoms with van der Waals surface area (Å²) in [5, 5.41) is 1.28. The van der Waals surface area contributed by atoms with E-state index in [-0.39, 0.29) is 0 Å². The summed E-state index contributed by atoms with van der Waals surface area (Å²) in [4.78, 5) is 3.33. The number of methoxy groups -OCH3 is 1. The number of hydrogen-bond acceptors (Lipinski definition) is 1. The summed E-state index contributed by atoms with van der Waals surface area (Å²) in [5.74, 6) is 0.892. The van der Waals surface area contributed by atoms with E-state index in [2.05, 4.69) is 45.3 Å². The maximum Gasteiger partial charge on any atom is 0.120 e. The first-order valence-corrected chi connectivity index (χ1v) is 5.89. The predicted molar refractivity (Wildman–Crippen MR) is 71.3 cm³/mol. The lowest BCUT2D eigenvalue weighted by atomic mass is 10.1. The molecule has 1 heterocycles. The third kappa shape index (κ3) is 2.15. The van der Waals surface area contributed by atoms with Crippen LogP contribution in [0.3, 0.4) is 0 Å². The van der Waals surface area contributed by atoms with Crippen molar-refractivity contribution in [3.63, 3.8) is 0 Å². The van der Waals surface area contributed by atoms with E-state index in [0.29, 0.717) is 6.04 Å². The third-order valence-electron chi connectivity index (χ3n) is 3.53. The molecule has 0 radical (unpaired) electrons. The zero-order chi connectivity index (χ0) is 12.6. The van der Waals surface area contributed by atoms with Crippen molar-refractivity contribution in [2.45, 2.75) is 13.0 Å². The fourth-order valence-electron chi connectivity index (χ4n) is 2.02. The molecule has 0 saturated heterocycles. The molecule has 1 atom stereocenters. The van der Waals surface area contributed by atoms with Gasteiger partial charge in [0.1, 0.15) is 11.8 Å². The first-order valence-electron chi connectivity index (χ1n) is 5.89. The summed E-state index contributed by atoms with van der Waals surface area (Å²) in [6.07, 6.45) is 2.11. The Labute approximate surface area is 103 Å². The molecule has 3 heteroatoms. The molecule has 0 amide bonds. The van der Waals surface area contributed by atoms with Crippen molar-refractivity contribution in [1.82, 2.24) is 4.98 Å². The van der Waals surface area contributed by atoms with Crippen LogP contribution in [0, 0.1) is 0 Å². The molecule has 1 unspecified atom stereocenters. The number of H-pyrrole nitrogens is 1. The van der Waals surface area contributed by atoms with Crippen molar-refractivity contribution in [2.24, 2.45) is 0 Å². The van der Waals surface area contributed by atoms with E-state index in [1.165, 1.54) is 10.9 Å². The number of fused-ring (bicyclic) bond motifs is 1. The topological polar surface area (TPSA) is 25.0 Å². The number of nitrogens with zero attached hydrogens (tertiary/aromatic N) is 1.